The van der Waals surface area contributed by atoms with Crippen molar-refractivity contribution in [3.8, 4) is 0 Å². The largest absolute Gasteiger partial charge is 0.361 e. The Kier molecular flexibility index (Phi) is 4.42. The number of aromatic nitrogens is 1. The van der Waals surface area contributed by atoms with Gasteiger partial charge in [-0.15, -0.1) is 0 Å². The summed E-state index contributed by atoms with van der Waals surface area (Å²) < 4.78 is 28.0. The van der Waals surface area contributed by atoms with Gasteiger partial charge in [-0.05, 0) is 56.2 Å². The summed E-state index contributed by atoms with van der Waals surface area (Å²) in [6, 6.07) is 14.1. The van der Waals surface area contributed by atoms with Crippen LogP contribution < -0.4 is 4.72 Å². The molecule has 1 heterocycles. The molecule has 3 aromatic rings. The summed E-state index contributed by atoms with van der Waals surface area (Å²) in [4.78, 5) is 3.43. The highest BCUT2D eigenvalue weighted by molar-refractivity contribution is 7.89. The lowest BCUT2D eigenvalue weighted by molar-refractivity contribution is 0.451. The third-order valence-corrected chi connectivity index (χ3v) is 5.81. The van der Waals surface area contributed by atoms with Gasteiger partial charge >= 0.3 is 0 Å². The minimum Gasteiger partial charge on any atom is -0.361 e. The summed E-state index contributed by atoms with van der Waals surface area (Å²) in [7, 11) is -3.61. The van der Waals surface area contributed by atoms with Crippen molar-refractivity contribution in [2.75, 3.05) is 0 Å². The fourth-order valence-corrected chi connectivity index (χ4v) is 4.36. The number of hydrogen-bond donors (Lipinski definition) is 2. The normalized spacial score (nSPS) is 12.6. The maximum absolute atomic E-state index is 12.6. The van der Waals surface area contributed by atoms with Gasteiger partial charge < -0.3 is 4.98 Å². The number of sulfonamides is 1. The Balaban J connectivity index is 1.84. The van der Waals surface area contributed by atoms with Gasteiger partial charge in [0, 0.05) is 27.7 Å². The third kappa shape index (κ3) is 3.64. The van der Waals surface area contributed by atoms with Crippen LogP contribution in [-0.2, 0) is 16.4 Å². The highest BCUT2D eigenvalue weighted by Gasteiger charge is 2.27. The van der Waals surface area contributed by atoms with E-state index in [0.717, 1.165) is 16.5 Å². The van der Waals surface area contributed by atoms with Crippen LogP contribution in [-0.4, -0.2) is 18.9 Å². The van der Waals surface area contributed by atoms with E-state index in [2.05, 4.69) is 9.71 Å². The number of hydrogen-bond acceptors (Lipinski definition) is 2. The van der Waals surface area contributed by atoms with Crippen molar-refractivity contribution in [3.05, 3.63) is 65.3 Å². The van der Waals surface area contributed by atoms with Crippen LogP contribution in [0.3, 0.4) is 0 Å². The van der Waals surface area contributed by atoms with Gasteiger partial charge in [-0.3, -0.25) is 0 Å². The van der Waals surface area contributed by atoms with Crippen molar-refractivity contribution in [3.63, 3.8) is 0 Å². The van der Waals surface area contributed by atoms with Crippen LogP contribution in [0.2, 0.25) is 5.02 Å². The highest BCUT2D eigenvalue weighted by Crippen LogP contribution is 2.24. The molecule has 0 fully saturated rings. The number of para-hydroxylation sites is 1. The Hall–Kier alpha value is -1.82. The van der Waals surface area contributed by atoms with Gasteiger partial charge in [0.15, 0.2) is 0 Å². The van der Waals surface area contributed by atoms with E-state index >= 15 is 0 Å². The molecule has 0 amide bonds. The van der Waals surface area contributed by atoms with E-state index in [1.54, 1.807) is 12.1 Å². The first-order valence-corrected chi connectivity index (χ1v) is 9.47. The zero-order chi connectivity index (χ0) is 17.4. The first-order chi connectivity index (χ1) is 11.3. The quantitative estimate of drug-likeness (QED) is 0.717. The molecule has 4 nitrogen and oxygen atoms in total. The van der Waals surface area contributed by atoms with Gasteiger partial charge in [0.2, 0.25) is 10.0 Å². The molecule has 126 valence electrons. The number of H-pyrrole nitrogens is 1. The number of aromatic amines is 1. The van der Waals surface area contributed by atoms with E-state index in [-0.39, 0.29) is 4.90 Å². The van der Waals surface area contributed by atoms with Gasteiger partial charge in [-0.1, -0.05) is 29.8 Å². The second-order valence-electron chi connectivity index (χ2n) is 6.48. The van der Waals surface area contributed by atoms with Crippen molar-refractivity contribution >= 4 is 32.5 Å². The smallest absolute Gasteiger partial charge is 0.241 e. The maximum atomic E-state index is 12.6. The molecule has 24 heavy (non-hydrogen) atoms. The summed E-state index contributed by atoms with van der Waals surface area (Å²) in [6.45, 7) is 3.75. The maximum Gasteiger partial charge on any atom is 0.241 e. The third-order valence-electron chi connectivity index (χ3n) is 3.84. The average molecular weight is 363 g/mol. The molecule has 0 atom stereocenters. The van der Waals surface area contributed by atoms with E-state index in [0.29, 0.717) is 11.4 Å². The summed E-state index contributed by atoms with van der Waals surface area (Å²) in [6.07, 6.45) is 2.51. The summed E-state index contributed by atoms with van der Waals surface area (Å²) in [5, 5.41) is 1.61. The molecule has 0 aliphatic carbocycles. The second kappa shape index (κ2) is 6.24. The molecular formula is C18H19ClN2O2S. The van der Waals surface area contributed by atoms with Crippen LogP contribution in [0.4, 0.5) is 0 Å². The van der Waals surface area contributed by atoms with Crippen molar-refractivity contribution in [2.24, 2.45) is 0 Å². The Morgan fingerprint density at radius 1 is 1.08 bits per heavy atom. The number of nitrogens with one attached hydrogen (secondary N) is 2. The molecule has 6 heteroatoms. The Labute approximate surface area is 146 Å². The van der Waals surface area contributed by atoms with E-state index in [4.69, 9.17) is 11.6 Å². The van der Waals surface area contributed by atoms with Crippen molar-refractivity contribution in [1.82, 2.24) is 9.71 Å². The number of halogens is 1. The fraction of sp³-hybridized carbons (Fsp3) is 0.222. The first kappa shape index (κ1) is 17.0. The summed E-state index contributed by atoms with van der Waals surface area (Å²) in [5.74, 6) is 0. The lowest BCUT2D eigenvalue weighted by atomic mass is 9.96. The zero-order valence-electron chi connectivity index (χ0n) is 13.5. The predicted molar refractivity (Wildman–Crippen MR) is 97.9 cm³/mol. The van der Waals surface area contributed by atoms with E-state index < -0.39 is 15.6 Å². The molecule has 2 N–H and O–H groups in total. The highest BCUT2D eigenvalue weighted by atomic mass is 35.5. The van der Waals surface area contributed by atoms with Gasteiger partial charge in [-0.2, -0.15) is 0 Å². The molecule has 0 unspecified atom stereocenters. The molecule has 0 saturated carbocycles. The Morgan fingerprint density at radius 2 is 1.75 bits per heavy atom. The molecule has 0 aliphatic rings. The lowest BCUT2D eigenvalue weighted by Gasteiger charge is -2.26. The predicted octanol–water partition coefficient (Wildman–Crippen LogP) is 4.12. The second-order valence-corrected chi connectivity index (χ2v) is 8.60. The summed E-state index contributed by atoms with van der Waals surface area (Å²) in [5.41, 5.74) is 1.49. The molecule has 0 saturated heterocycles. The van der Waals surface area contributed by atoms with Crippen LogP contribution in [0.25, 0.3) is 10.9 Å². The average Bonchev–Trinajstić information content (AvgIpc) is 2.89. The van der Waals surface area contributed by atoms with Gasteiger partial charge in [0.05, 0.1) is 4.90 Å². The van der Waals surface area contributed by atoms with Crippen LogP contribution >= 0.6 is 11.6 Å². The number of benzene rings is 2. The van der Waals surface area contributed by atoms with E-state index in [1.807, 2.05) is 44.3 Å². The van der Waals surface area contributed by atoms with E-state index in [9.17, 15) is 8.42 Å². The molecule has 2 aromatic carbocycles. The van der Waals surface area contributed by atoms with Gasteiger partial charge in [0.1, 0.15) is 0 Å². The van der Waals surface area contributed by atoms with Crippen molar-refractivity contribution in [2.45, 2.75) is 30.7 Å². The standard InChI is InChI=1S/C18H19ClN2O2S/c1-18(2,11-13-12-20-17-6-4-3-5-16(13)17)21-24(22,23)15-9-7-14(19)8-10-15/h3-10,12,20-21H,11H2,1-2H3. The molecule has 0 aliphatic heterocycles. The number of rotatable bonds is 5. The molecule has 0 spiro atoms. The minimum atomic E-state index is -3.61. The zero-order valence-corrected chi connectivity index (χ0v) is 15.1. The van der Waals surface area contributed by atoms with Gasteiger partial charge in [-0.25, -0.2) is 13.1 Å². The summed E-state index contributed by atoms with van der Waals surface area (Å²) >= 11 is 5.83. The molecular weight excluding hydrogens is 344 g/mol. The molecule has 1 aromatic heterocycles. The topological polar surface area (TPSA) is 62.0 Å². The fourth-order valence-electron chi connectivity index (χ4n) is 2.83. The number of fused-ring (bicyclic) bond motifs is 1. The minimum absolute atomic E-state index is 0.207. The molecule has 3 rings (SSSR count). The van der Waals surface area contributed by atoms with Crippen LogP contribution in [0.5, 0.6) is 0 Å². The lowest BCUT2D eigenvalue weighted by Crippen LogP contribution is -2.44. The van der Waals surface area contributed by atoms with Gasteiger partial charge in [0.25, 0.3) is 0 Å². The Morgan fingerprint density at radius 3 is 2.46 bits per heavy atom. The molecule has 0 radical (unpaired) electrons. The van der Waals surface area contributed by atoms with Crippen molar-refractivity contribution in [1.29, 1.82) is 0 Å². The van der Waals surface area contributed by atoms with Crippen LogP contribution in [0.15, 0.2) is 59.6 Å². The van der Waals surface area contributed by atoms with E-state index in [1.165, 1.54) is 12.1 Å². The SMILES string of the molecule is CC(C)(Cc1c[nH]c2ccccc12)NS(=O)(=O)c1ccc(Cl)cc1. The van der Waals surface area contributed by atoms with Crippen LogP contribution in [0.1, 0.15) is 19.4 Å². The Bertz CT molecular complexity index is 960. The van der Waals surface area contributed by atoms with Crippen LogP contribution in [0, 0.1) is 0 Å². The molecule has 0 bridgehead atoms. The monoisotopic (exact) mass is 362 g/mol. The first-order valence-electron chi connectivity index (χ1n) is 7.61. The van der Waals surface area contributed by atoms with Crippen molar-refractivity contribution < 1.29 is 8.42 Å².